The molecule has 0 atom stereocenters. The fraction of sp³-hybridized carbons (Fsp3) is 0.917. The number of morpholine rings is 1. The van der Waals surface area contributed by atoms with Crippen molar-refractivity contribution in [3.05, 3.63) is 0 Å². The third kappa shape index (κ3) is 3.20. The molecule has 1 aliphatic carbocycles. The summed E-state index contributed by atoms with van der Waals surface area (Å²) in [4.78, 5) is 13.8. The molecule has 2 fully saturated rings. The SMILES string of the molecule is O=C(CCC1CCCC1)N1CCOCC1. The van der Waals surface area contributed by atoms with E-state index in [4.69, 9.17) is 4.74 Å². The van der Waals surface area contributed by atoms with E-state index in [1.54, 1.807) is 0 Å². The van der Waals surface area contributed by atoms with Gasteiger partial charge in [-0.3, -0.25) is 4.79 Å². The first kappa shape index (κ1) is 10.9. The Bertz CT molecular complexity index is 206. The lowest BCUT2D eigenvalue weighted by Gasteiger charge is -2.27. The average Bonchev–Trinajstić information content (AvgIpc) is 2.80. The largest absolute Gasteiger partial charge is 0.378 e. The van der Waals surface area contributed by atoms with E-state index >= 15 is 0 Å². The van der Waals surface area contributed by atoms with Crippen molar-refractivity contribution < 1.29 is 9.53 Å². The maximum absolute atomic E-state index is 11.8. The molecule has 0 unspecified atom stereocenters. The highest BCUT2D eigenvalue weighted by Gasteiger charge is 2.20. The van der Waals surface area contributed by atoms with E-state index in [1.165, 1.54) is 25.7 Å². The number of ether oxygens (including phenoxy) is 1. The number of carbonyl (C=O) groups is 1. The van der Waals surface area contributed by atoms with Crippen LogP contribution in [0.4, 0.5) is 0 Å². The molecule has 0 aromatic rings. The minimum Gasteiger partial charge on any atom is -0.378 e. The smallest absolute Gasteiger partial charge is 0.222 e. The number of hydrogen-bond donors (Lipinski definition) is 0. The number of hydrogen-bond acceptors (Lipinski definition) is 2. The molecular formula is C12H21NO2. The quantitative estimate of drug-likeness (QED) is 0.712. The molecule has 0 N–H and O–H groups in total. The van der Waals surface area contributed by atoms with E-state index in [0.29, 0.717) is 5.91 Å². The third-order valence-electron chi connectivity index (χ3n) is 3.60. The lowest BCUT2D eigenvalue weighted by Crippen LogP contribution is -2.40. The van der Waals surface area contributed by atoms with Crippen LogP contribution in [0.1, 0.15) is 38.5 Å². The van der Waals surface area contributed by atoms with Gasteiger partial charge in [-0.2, -0.15) is 0 Å². The van der Waals surface area contributed by atoms with Crippen molar-refractivity contribution in [2.24, 2.45) is 5.92 Å². The summed E-state index contributed by atoms with van der Waals surface area (Å²) in [6.07, 6.45) is 7.29. The van der Waals surface area contributed by atoms with Crippen LogP contribution < -0.4 is 0 Å². The molecule has 1 aliphatic heterocycles. The van der Waals surface area contributed by atoms with Crippen LogP contribution in [0, 0.1) is 5.92 Å². The maximum atomic E-state index is 11.8. The van der Waals surface area contributed by atoms with Crippen LogP contribution in [0.15, 0.2) is 0 Å². The highest BCUT2D eigenvalue weighted by molar-refractivity contribution is 5.76. The predicted octanol–water partition coefficient (Wildman–Crippen LogP) is 1.82. The number of amides is 1. The van der Waals surface area contributed by atoms with E-state index in [0.717, 1.165) is 45.1 Å². The van der Waals surface area contributed by atoms with Gasteiger partial charge >= 0.3 is 0 Å². The average molecular weight is 211 g/mol. The molecule has 0 radical (unpaired) electrons. The molecular weight excluding hydrogens is 190 g/mol. The molecule has 86 valence electrons. The van der Waals surface area contributed by atoms with Crippen molar-refractivity contribution in [3.8, 4) is 0 Å². The van der Waals surface area contributed by atoms with Crippen molar-refractivity contribution in [1.82, 2.24) is 4.90 Å². The first-order chi connectivity index (χ1) is 7.36. The van der Waals surface area contributed by atoms with Gasteiger partial charge in [-0.15, -0.1) is 0 Å². The molecule has 0 aromatic heterocycles. The molecule has 1 saturated heterocycles. The monoisotopic (exact) mass is 211 g/mol. The fourth-order valence-electron chi connectivity index (χ4n) is 2.60. The summed E-state index contributed by atoms with van der Waals surface area (Å²) in [5.74, 6) is 1.17. The van der Waals surface area contributed by atoms with E-state index in [9.17, 15) is 4.79 Å². The molecule has 1 amide bonds. The summed E-state index contributed by atoms with van der Waals surface area (Å²) < 4.78 is 5.23. The van der Waals surface area contributed by atoms with Gasteiger partial charge in [-0.1, -0.05) is 25.7 Å². The molecule has 0 aromatic carbocycles. The Morgan fingerprint density at radius 1 is 1.20 bits per heavy atom. The Morgan fingerprint density at radius 3 is 2.53 bits per heavy atom. The van der Waals surface area contributed by atoms with Crippen LogP contribution in [0.2, 0.25) is 0 Å². The second kappa shape index (κ2) is 5.50. The van der Waals surface area contributed by atoms with E-state index < -0.39 is 0 Å². The van der Waals surface area contributed by atoms with Crippen LogP contribution in [-0.2, 0) is 9.53 Å². The van der Waals surface area contributed by atoms with Gasteiger partial charge in [0.15, 0.2) is 0 Å². The summed E-state index contributed by atoms with van der Waals surface area (Å²) in [5, 5.41) is 0. The molecule has 0 spiro atoms. The fourth-order valence-corrected chi connectivity index (χ4v) is 2.60. The molecule has 0 bridgehead atoms. The van der Waals surface area contributed by atoms with Gasteiger partial charge in [-0.05, 0) is 12.3 Å². The Morgan fingerprint density at radius 2 is 1.87 bits per heavy atom. The molecule has 3 nitrogen and oxygen atoms in total. The van der Waals surface area contributed by atoms with E-state index in [2.05, 4.69) is 0 Å². The van der Waals surface area contributed by atoms with Crippen molar-refractivity contribution in [3.63, 3.8) is 0 Å². The van der Waals surface area contributed by atoms with Crippen LogP contribution in [0.25, 0.3) is 0 Å². The summed E-state index contributed by atoms with van der Waals surface area (Å²) in [6.45, 7) is 3.03. The highest BCUT2D eigenvalue weighted by Crippen LogP contribution is 2.28. The van der Waals surface area contributed by atoms with Crippen molar-refractivity contribution >= 4 is 5.91 Å². The second-order valence-corrected chi connectivity index (χ2v) is 4.68. The van der Waals surface area contributed by atoms with Crippen molar-refractivity contribution in [1.29, 1.82) is 0 Å². The lowest BCUT2D eigenvalue weighted by molar-refractivity contribution is -0.135. The van der Waals surface area contributed by atoms with Crippen molar-refractivity contribution in [2.45, 2.75) is 38.5 Å². The number of rotatable bonds is 3. The van der Waals surface area contributed by atoms with Gasteiger partial charge in [0.05, 0.1) is 13.2 Å². The summed E-state index contributed by atoms with van der Waals surface area (Å²) in [5.41, 5.74) is 0. The first-order valence-electron chi connectivity index (χ1n) is 6.22. The van der Waals surface area contributed by atoms with Gasteiger partial charge in [0.25, 0.3) is 0 Å². The minimum absolute atomic E-state index is 0.338. The zero-order chi connectivity index (χ0) is 10.5. The van der Waals surface area contributed by atoms with E-state index in [-0.39, 0.29) is 0 Å². The van der Waals surface area contributed by atoms with Crippen LogP contribution in [0.3, 0.4) is 0 Å². The third-order valence-corrected chi connectivity index (χ3v) is 3.60. The number of nitrogens with zero attached hydrogens (tertiary/aromatic N) is 1. The first-order valence-corrected chi connectivity index (χ1v) is 6.22. The van der Waals surface area contributed by atoms with Gasteiger partial charge < -0.3 is 9.64 Å². The normalized spacial score (nSPS) is 23.3. The predicted molar refractivity (Wildman–Crippen MR) is 58.6 cm³/mol. The number of carbonyl (C=O) groups excluding carboxylic acids is 1. The zero-order valence-electron chi connectivity index (χ0n) is 9.41. The minimum atomic E-state index is 0.338. The second-order valence-electron chi connectivity index (χ2n) is 4.68. The van der Waals surface area contributed by atoms with Gasteiger partial charge in [0.1, 0.15) is 0 Å². The Hall–Kier alpha value is -0.570. The van der Waals surface area contributed by atoms with Crippen LogP contribution in [-0.4, -0.2) is 37.1 Å². The van der Waals surface area contributed by atoms with E-state index in [1.807, 2.05) is 4.90 Å². The van der Waals surface area contributed by atoms with Gasteiger partial charge in [0.2, 0.25) is 5.91 Å². The summed E-state index contributed by atoms with van der Waals surface area (Å²) in [6, 6.07) is 0. The molecule has 1 heterocycles. The topological polar surface area (TPSA) is 29.5 Å². The molecule has 15 heavy (non-hydrogen) atoms. The van der Waals surface area contributed by atoms with Crippen LogP contribution in [0.5, 0.6) is 0 Å². The molecule has 2 rings (SSSR count). The standard InChI is InChI=1S/C12H21NO2/c14-12(13-7-9-15-10-8-13)6-5-11-3-1-2-4-11/h11H,1-10H2. The van der Waals surface area contributed by atoms with Gasteiger partial charge in [-0.25, -0.2) is 0 Å². The summed E-state index contributed by atoms with van der Waals surface area (Å²) in [7, 11) is 0. The molecule has 1 saturated carbocycles. The Kier molecular flexibility index (Phi) is 4.01. The lowest BCUT2D eigenvalue weighted by atomic mass is 10.0. The van der Waals surface area contributed by atoms with Crippen LogP contribution >= 0.6 is 0 Å². The molecule has 3 heteroatoms. The molecule has 2 aliphatic rings. The van der Waals surface area contributed by atoms with Gasteiger partial charge in [0, 0.05) is 19.5 Å². The Labute approximate surface area is 91.8 Å². The Balaban J connectivity index is 1.66. The van der Waals surface area contributed by atoms with Crippen molar-refractivity contribution in [2.75, 3.05) is 26.3 Å². The summed E-state index contributed by atoms with van der Waals surface area (Å²) >= 11 is 0. The maximum Gasteiger partial charge on any atom is 0.222 e. The zero-order valence-corrected chi connectivity index (χ0v) is 9.41. The highest BCUT2D eigenvalue weighted by atomic mass is 16.5.